The summed E-state index contributed by atoms with van der Waals surface area (Å²) in [6.45, 7) is 6.48. The van der Waals surface area contributed by atoms with Gasteiger partial charge in [-0.1, -0.05) is 41.9 Å². The molecule has 2 aromatic rings. The number of amides is 3. The van der Waals surface area contributed by atoms with Gasteiger partial charge in [-0.15, -0.1) is 0 Å². The van der Waals surface area contributed by atoms with Gasteiger partial charge in [-0.3, -0.25) is 9.59 Å². The molecule has 0 spiro atoms. The Labute approximate surface area is 252 Å². The van der Waals surface area contributed by atoms with Gasteiger partial charge in [-0.2, -0.15) is 0 Å². The zero-order valence-corrected chi connectivity index (χ0v) is 25.4. The largest absolute Gasteiger partial charge is 0.465 e. The molecule has 1 aliphatic carbocycles. The minimum Gasteiger partial charge on any atom is -0.465 e. The molecule has 3 amide bonds. The Morgan fingerprint density at radius 3 is 2.29 bits per heavy atom. The molecule has 1 heterocycles. The fraction of sp³-hybridized carbons (Fsp3) is 0.500. The highest BCUT2D eigenvalue weighted by atomic mass is 35.5. The van der Waals surface area contributed by atoms with E-state index in [2.05, 4.69) is 10.6 Å². The quantitative estimate of drug-likeness (QED) is 0.391. The summed E-state index contributed by atoms with van der Waals surface area (Å²) >= 11 is 6.28. The Balaban J connectivity index is 1.44. The van der Waals surface area contributed by atoms with Gasteiger partial charge in [0, 0.05) is 30.6 Å². The fourth-order valence-electron chi connectivity index (χ4n) is 5.89. The van der Waals surface area contributed by atoms with Crippen LogP contribution in [0, 0.1) is 11.8 Å². The van der Waals surface area contributed by atoms with E-state index >= 15 is 0 Å². The summed E-state index contributed by atoms with van der Waals surface area (Å²) < 4.78 is 10.1. The van der Waals surface area contributed by atoms with Crippen molar-refractivity contribution >= 4 is 41.2 Å². The number of methoxy groups -OCH3 is 1. The zero-order chi connectivity index (χ0) is 30.4. The number of halogens is 1. The van der Waals surface area contributed by atoms with Crippen molar-refractivity contribution in [3.8, 4) is 0 Å². The highest BCUT2D eigenvalue weighted by Crippen LogP contribution is 2.38. The molecule has 2 unspecified atom stereocenters. The van der Waals surface area contributed by atoms with Gasteiger partial charge >= 0.3 is 12.1 Å². The van der Waals surface area contributed by atoms with Crippen LogP contribution < -0.4 is 10.6 Å². The first kappa shape index (κ1) is 31.3. The zero-order valence-electron chi connectivity index (χ0n) is 24.7. The fourth-order valence-corrected chi connectivity index (χ4v) is 6.15. The summed E-state index contributed by atoms with van der Waals surface area (Å²) in [4.78, 5) is 53.4. The third-order valence-electron chi connectivity index (χ3n) is 7.95. The van der Waals surface area contributed by atoms with Gasteiger partial charge in [0.25, 0.3) is 0 Å². The maximum absolute atomic E-state index is 13.9. The molecule has 2 aliphatic rings. The highest BCUT2D eigenvalue weighted by molar-refractivity contribution is 6.34. The van der Waals surface area contributed by atoms with E-state index in [1.807, 2.05) is 51.1 Å². The Hall–Kier alpha value is -3.59. The smallest absolute Gasteiger partial charge is 0.407 e. The van der Waals surface area contributed by atoms with Crippen molar-refractivity contribution in [3.63, 3.8) is 0 Å². The number of nitrogens with zero attached hydrogens (tertiary/aromatic N) is 1. The van der Waals surface area contributed by atoms with Crippen LogP contribution >= 0.6 is 11.6 Å². The summed E-state index contributed by atoms with van der Waals surface area (Å²) in [6.07, 6.45) is 3.26. The lowest BCUT2D eigenvalue weighted by Gasteiger charge is -2.34. The number of rotatable bonds is 7. The molecular formula is C32H40ClN3O6. The van der Waals surface area contributed by atoms with Gasteiger partial charge in [-0.25, -0.2) is 9.59 Å². The number of ether oxygens (including phenoxy) is 2. The molecule has 0 radical (unpaired) electrons. The van der Waals surface area contributed by atoms with Crippen molar-refractivity contribution in [2.75, 3.05) is 25.5 Å². The molecule has 2 atom stereocenters. The number of likely N-dealkylation sites (tertiary alicyclic amines) is 1. The van der Waals surface area contributed by atoms with E-state index in [0.29, 0.717) is 38.0 Å². The summed E-state index contributed by atoms with van der Waals surface area (Å²) in [5, 5.41) is 5.94. The van der Waals surface area contributed by atoms with Gasteiger partial charge in [0.1, 0.15) is 11.6 Å². The molecule has 226 valence electrons. The highest BCUT2D eigenvalue weighted by Gasteiger charge is 2.44. The second kappa shape index (κ2) is 13.6. The van der Waals surface area contributed by atoms with E-state index in [1.165, 1.54) is 19.2 Å². The number of hydrogen-bond acceptors (Lipinski definition) is 6. The lowest BCUT2D eigenvalue weighted by Crippen LogP contribution is -2.48. The molecule has 10 heteroatoms. The Bertz CT molecular complexity index is 1290. The normalized spacial score (nSPS) is 22.3. The topological polar surface area (TPSA) is 114 Å². The molecule has 1 saturated carbocycles. The number of hydrogen-bond donors (Lipinski definition) is 2. The van der Waals surface area contributed by atoms with E-state index in [4.69, 9.17) is 21.1 Å². The standard InChI is InChI=1S/C32H40ClN3O6/c1-32(2,3)42-31(40)34-19-20-10-12-22(13-11-20)29(38)36-17-16-24(21-8-6-5-7-9-21)27(36)28(37)35-23-14-15-25(26(33)18-23)30(39)41-4/h5-9,14-15,18,20,22,24,27H,10-13,16-17,19H2,1-4H3,(H,34,40)(H,35,37). The maximum Gasteiger partial charge on any atom is 0.407 e. The molecule has 4 rings (SSSR count). The first-order valence-corrected chi connectivity index (χ1v) is 14.9. The average molecular weight is 598 g/mol. The van der Waals surface area contributed by atoms with Crippen LogP contribution in [-0.4, -0.2) is 60.6 Å². The van der Waals surface area contributed by atoms with Crippen LogP contribution in [0.3, 0.4) is 0 Å². The second-order valence-electron chi connectivity index (χ2n) is 12.1. The van der Waals surface area contributed by atoms with Crippen LogP contribution in [0.4, 0.5) is 10.5 Å². The average Bonchev–Trinajstić information content (AvgIpc) is 3.41. The summed E-state index contributed by atoms with van der Waals surface area (Å²) in [5.41, 5.74) is 1.09. The monoisotopic (exact) mass is 597 g/mol. The van der Waals surface area contributed by atoms with Crippen LogP contribution in [0.15, 0.2) is 48.5 Å². The predicted octanol–water partition coefficient (Wildman–Crippen LogP) is 5.78. The molecule has 9 nitrogen and oxygen atoms in total. The predicted molar refractivity (Wildman–Crippen MR) is 160 cm³/mol. The molecule has 0 bridgehead atoms. The van der Waals surface area contributed by atoms with Crippen LogP contribution in [0.5, 0.6) is 0 Å². The van der Waals surface area contributed by atoms with Crippen LogP contribution in [0.25, 0.3) is 0 Å². The van der Waals surface area contributed by atoms with Gasteiger partial charge in [0.15, 0.2) is 0 Å². The van der Waals surface area contributed by atoms with E-state index in [-0.39, 0.29) is 40.2 Å². The van der Waals surface area contributed by atoms with Gasteiger partial charge in [0.2, 0.25) is 11.8 Å². The lowest BCUT2D eigenvalue weighted by molar-refractivity contribution is -0.141. The van der Waals surface area contributed by atoms with Crippen LogP contribution in [-0.2, 0) is 19.1 Å². The first-order chi connectivity index (χ1) is 20.0. The minimum absolute atomic E-state index is 0.00814. The summed E-state index contributed by atoms with van der Waals surface area (Å²) in [6, 6.07) is 13.7. The molecule has 42 heavy (non-hydrogen) atoms. The van der Waals surface area contributed by atoms with Gasteiger partial charge in [-0.05, 0) is 82.6 Å². The number of alkyl carbamates (subject to hydrolysis) is 1. The minimum atomic E-state index is -0.689. The SMILES string of the molecule is COC(=O)c1ccc(NC(=O)C2C(c3ccccc3)CCN2C(=O)C2CCC(CNC(=O)OC(C)(C)C)CC2)cc1Cl. The maximum atomic E-state index is 13.9. The third-order valence-corrected chi connectivity index (χ3v) is 8.26. The van der Waals surface area contributed by atoms with E-state index in [0.717, 1.165) is 18.4 Å². The molecule has 2 N–H and O–H groups in total. The Kier molecular flexibility index (Phi) is 10.1. The molecular weight excluding hydrogens is 558 g/mol. The molecule has 0 aromatic heterocycles. The molecule has 1 aliphatic heterocycles. The number of nitrogens with one attached hydrogen (secondary N) is 2. The van der Waals surface area contributed by atoms with Crippen LogP contribution in [0.1, 0.15) is 74.7 Å². The molecule has 1 saturated heterocycles. The third kappa shape index (κ3) is 7.82. The van der Waals surface area contributed by atoms with Crippen molar-refractivity contribution < 1.29 is 28.7 Å². The summed E-state index contributed by atoms with van der Waals surface area (Å²) in [7, 11) is 1.27. The number of anilines is 1. The van der Waals surface area contributed by atoms with E-state index in [9.17, 15) is 19.2 Å². The van der Waals surface area contributed by atoms with E-state index < -0.39 is 23.7 Å². The first-order valence-electron chi connectivity index (χ1n) is 14.5. The van der Waals surface area contributed by atoms with Crippen molar-refractivity contribution in [1.29, 1.82) is 0 Å². The lowest BCUT2D eigenvalue weighted by atomic mass is 9.81. The van der Waals surface area contributed by atoms with Gasteiger partial charge < -0.3 is 25.0 Å². The number of carbonyl (C=O) groups excluding carboxylic acids is 4. The number of esters is 1. The van der Waals surface area contributed by atoms with Crippen LogP contribution in [0.2, 0.25) is 5.02 Å². The Morgan fingerprint density at radius 1 is 0.976 bits per heavy atom. The second-order valence-corrected chi connectivity index (χ2v) is 12.5. The molecule has 2 fully saturated rings. The van der Waals surface area contributed by atoms with Crippen molar-refractivity contribution in [2.45, 2.75) is 70.4 Å². The number of carbonyl (C=O) groups is 4. The van der Waals surface area contributed by atoms with Crippen molar-refractivity contribution in [3.05, 3.63) is 64.7 Å². The van der Waals surface area contributed by atoms with Crippen molar-refractivity contribution in [2.24, 2.45) is 11.8 Å². The van der Waals surface area contributed by atoms with Crippen molar-refractivity contribution in [1.82, 2.24) is 10.2 Å². The summed E-state index contributed by atoms with van der Waals surface area (Å²) in [5.74, 6) is -0.937. The van der Waals surface area contributed by atoms with Gasteiger partial charge in [0.05, 0.1) is 17.7 Å². The number of benzene rings is 2. The molecule has 2 aromatic carbocycles. The van der Waals surface area contributed by atoms with E-state index in [1.54, 1.807) is 11.0 Å². The Morgan fingerprint density at radius 2 is 1.67 bits per heavy atom.